The van der Waals surface area contributed by atoms with Gasteiger partial charge in [0.25, 0.3) is 0 Å². The smallest absolute Gasteiger partial charge is 0.188 e. The molecule has 0 saturated carbocycles. The first-order valence-corrected chi connectivity index (χ1v) is 7.39. The minimum absolute atomic E-state index is 0.257. The van der Waals surface area contributed by atoms with Crippen LogP contribution in [0.15, 0.2) is 55.0 Å². The van der Waals surface area contributed by atoms with E-state index < -0.39 is 0 Å². The molecular weight excluding hydrogens is 301 g/mol. The summed E-state index contributed by atoms with van der Waals surface area (Å²) in [5, 5.41) is 8.01. The van der Waals surface area contributed by atoms with Crippen LogP contribution < -0.4 is 5.32 Å². The van der Waals surface area contributed by atoms with Crippen LogP contribution in [0.2, 0.25) is 0 Å². The summed E-state index contributed by atoms with van der Waals surface area (Å²) in [5.74, 6) is 0.470. The maximum absolute atomic E-state index is 13.7. The number of hydrogen-bond donors (Lipinski definition) is 1. The Labute approximate surface area is 129 Å². The van der Waals surface area contributed by atoms with Crippen LogP contribution in [-0.4, -0.2) is 19.7 Å². The van der Waals surface area contributed by atoms with Crippen molar-refractivity contribution in [2.24, 2.45) is 0 Å². The molecule has 3 aromatic heterocycles. The summed E-state index contributed by atoms with van der Waals surface area (Å²) >= 11 is 1.27. The van der Waals surface area contributed by atoms with Gasteiger partial charge in [0.15, 0.2) is 10.9 Å². The number of benzene rings is 1. The van der Waals surface area contributed by atoms with Crippen molar-refractivity contribution in [2.45, 2.75) is 0 Å². The number of thiazole rings is 1. The Morgan fingerprint density at radius 2 is 2.09 bits per heavy atom. The zero-order valence-corrected chi connectivity index (χ0v) is 12.1. The Morgan fingerprint density at radius 3 is 2.91 bits per heavy atom. The van der Waals surface area contributed by atoms with Gasteiger partial charge in [-0.1, -0.05) is 23.5 Å². The van der Waals surface area contributed by atoms with Gasteiger partial charge >= 0.3 is 0 Å². The zero-order valence-electron chi connectivity index (χ0n) is 11.3. The first kappa shape index (κ1) is 12.9. The second-order valence-electron chi connectivity index (χ2n) is 4.59. The molecule has 22 heavy (non-hydrogen) atoms. The summed E-state index contributed by atoms with van der Waals surface area (Å²) in [5.41, 5.74) is 1.41. The fourth-order valence-electron chi connectivity index (χ4n) is 2.09. The summed E-state index contributed by atoms with van der Waals surface area (Å²) < 4.78 is 15.9. The van der Waals surface area contributed by atoms with Crippen LogP contribution in [0.1, 0.15) is 0 Å². The third-order valence-electron chi connectivity index (χ3n) is 3.08. The van der Waals surface area contributed by atoms with E-state index in [1.54, 1.807) is 29.2 Å². The molecule has 0 aliphatic heterocycles. The molecule has 3 heterocycles. The predicted molar refractivity (Wildman–Crippen MR) is 84.2 cm³/mol. The van der Waals surface area contributed by atoms with Crippen LogP contribution >= 0.6 is 11.3 Å². The average molecular weight is 311 g/mol. The second kappa shape index (κ2) is 5.19. The number of hydrogen-bond acceptors (Lipinski definition) is 5. The topological polar surface area (TPSA) is 55.6 Å². The van der Waals surface area contributed by atoms with Gasteiger partial charge in [-0.3, -0.25) is 0 Å². The van der Waals surface area contributed by atoms with Crippen LogP contribution in [0, 0.1) is 5.82 Å². The molecule has 0 amide bonds. The molecule has 0 aliphatic carbocycles. The molecule has 108 valence electrons. The SMILES string of the molecule is Fc1cccc2nc(Nc3cnn(-c4ccccn4)c3)sc12. The molecule has 0 atom stereocenters. The van der Waals surface area contributed by atoms with E-state index in [-0.39, 0.29) is 5.82 Å². The lowest BCUT2D eigenvalue weighted by molar-refractivity contribution is 0.641. The second-order valence-corrected chi connectivity index (χ2v) is 5.59. The number of nitrogens with zero attached hydrogens (tertiary/aromatic N) is 4. The Balaban J connectivity index is 1.63. The number of fused-ring (bicyclic) bond motifs is 1. The number of aromatic nitrogens is 4. The Bertz CT molecular complexity index is 931. The fourth-order valence-corrected chi connectivity index (χ4v) is 2.98. The van der Waals surface area contributed by atoms with Crippen molar-refractivity contribution in [3.63, 3.8) is 0 Å². The minimum Gasteiger partial charge on any atom is -0.329 e. The Hall–Kier alpha value is -2.80. The van der Waals surface area contributed by atoms with Gasteiger partial charge in [-0.15, -0.1) is 0 Å². The van der Waals surface area contributed by atoms with E-state index in [9.17, 15) is 4.39 Å². The molecule has 0 bridgehead atoms. The Kier molecular flexibility index (Phi) is 3.05. The van der Waals surface area contributed by atoms with Gasteiger partial charge in [0.2, 0.25) is 0 Å². The lowest BCUT2D eigenvalue weighted by Crippen LogP contribution is -1.96. The summed E-state index contributed by atoms with van der Waals surface area (Å²) in [6, 6.07) is 10.5. The van der Waals surface area contributed by atoms with E-state index in [0.717, 1.165) is 11.5 Å². The van der Waals surface area contributed by atoms with Crippen LogP contribution in [-0.2, 0) is 0 Å². The zero-order chi connectivity index (χ0) is 14.9. The molecule has 0 aliphatic rings. The van der Waals surface area contributed by atoms with E-state index >= 15 is 0 Å². The molecule has 0 fully saturated rings. The van der Waals surface area contributed by atoms with Crippen LogP contribution in [0.5, 0.6) is 0 Å². The lowest BCUT2D eigenvalue weighted by Gasteiger charge is -1.98. The van der Waals surface area contributed by atoms with Gasteiger partial charge in [-0.05, 0) is 24.3 Å². The molecule has 4 aromatic rings. The first-order valence-electron chi connectivity index (χ1n) is 6.58. The van der Waals surface area contributed by atoms with Crippen LogP contribution in [0.4, 0.5) is 15.2 Å². The summed E-state index contributed by atoms with van der Waals surface area (Å²) in [6.45, 7) is 0. The summed E-state index contributed by atoms with van der Waals surface area (Å²) in [4.78, 5) is 8.59. The van der Waals surface area contributed by atoms with Crippen LogP contribution in [0.3, 0.4) is 0 Å². The molecule has 1 aromatic carbocycles. The molecule has 0 saturated heterocycles. The number of nitrogens with one attached hydrogen (secondary N) is 1. The van der Waals surface area contributed by atoms with Crippen molar-refractivity contribution >= 4 is 32.4 Å². The molecular formula is C15H10FN5S. The van der Waals surface area contributed by atoms with E-state index in [2.05, 4.69) is 20.4 Å². The van der Waals surface area contributed by atoms with Gasteiger partial charge in [0, 0.05) is 6.20 Å². The van der Waals surface area contributed by atoms with E-state index in [1.165, 1.54) is 17.4 Å². The standard InChI is InChI=1S/C15H10FN5S/c16-11-4-3-5-12-14(11)22-15(20-12)19-10-8-18-21(9-10)13-6-1-2-7-17-13/h1-9H,(H,19,20). The third-order valence-corrected chi connectivity index (χ3v) is 4.08. The monoisotopic (exact) mass is 311 g/mol. The molecule has 1 N–H and O–H groups in total. The maximum atomic E-state index is 13.7. The number of anilines is 2. The molecule has 7 heteroatoms. The van der Waals surface area contributed by atoms with E-state index in [0.29, 0.717) is 15.3 Å². The average Bonchev–Trinajstić information content (AvgIpc) is 3.16. The molecule has 0 radical (unpaired) electrons. The number of rotatable bonds is 3. The van der Waals surface area contributed by atoms with E-state index in [1.807, 2.05) is 24.4 Å². The molecule has 4 rings (SSSR count). The van der Waals surface area contributed by atoms with Crippen molar-refractivity contribution in [3.05, 3.63) is 60.8 Å². The largest absolute Gasteiger partial charge is 0.329 e. The Morgan fingerprint density at radius 1 is 1.14 bits per heavy atom. The van der Waals surface area contributed by atoms with Crippen molar-refractivity contribution in [1.29, 1.82) is 0 Å². The number of halogens is 1. The number of pyridine rings is 1. The highest BCUT2D eigenvalue weighted by molar-refractivity contribution is 7.22. The van der Waals surface area contributed by atoms with Gasteiger partial charge in [0.05, 0.1) is 28.3 Å². The van der Waals surface area contributed by atoms with Crippen molar-refractivity contribution in [1.82, 2.24) is 19.7 Å². The molecule has 0 spiro atoms. The summed E-state index contributed by atoms with van der Waals surface area (Å²) in [7, 11) is 0. The highest BCUT2D eigenvalue weighted by Crippen LogP contribution is 2.30. The lowest BCUT2D eigenvalue weighted by atomic mass is 10.3. The van der Waals surface area contributed by atoms with Crippen molar-refractivity contribution in [2.75, 3.05) is 5.32 Å². The van der Waals surface area contributed by atoms with E-state index in [4.69, 9.17) is 0 Å². The highest BCUT2D eigenvalue weighted by Gasteiger charge is 2.09. The predicted octanol–water partition coefficient (Wildman–Crippen LogP) is 3.76. The van der Waals surface area contributed by atoms with Crippen molar-refractivity contribution < 1.29 is 4.39 Å². The fraction of sp³-hybridized carbons (Fsp3) is 0. The molecule has 0 unspecified atom stereocenters. The highest BCUT2D eigenvalue weighted by atomic mass is 32.1. The van der Waals surface area contributed by atoms with Gasteiger partial charge in [-0.2, -0.15) is 5.10 Å². The molecule has 5 nitrogen and oxygen atoms in total. The van der Waals surface area contributed by atoms with Crippen LogP contribution in [0.25, 0.3) is 16.0 Å². The normalized spacial score (nSPS) is 11.0. The van der Waals surface area contributed by atoms with Gasteiger partial charge < -0.3 is 5.32 Å². The summed E-state index contributed by atoms with van der Waals surface area (Å²) in [6.07, 6.45) is 5.20. The van der Waals surface area contributed by atoms with Gasteiger partial charge in [-0.25, -0.2) is 19.0 Å². The third kappa shape index (κ3) is 2.31. The van der Waals surface area contributed by atoms with Crippen molar-refractivity contribution in [3.8, 4) is 5.82 Å². The quantitative estimate of drug-likeness (QED) is 0.626. The van der Waals surface area contributed by atoms with Gasteiger partial charge in [0.1, 0.15) is 5.82 Å². The minimum atomic E-state index is -0.257. The maximum Gasteiger partial charge on any atom is 0.188 e. The first-order chi connectivity index (χ1) is 10.8.